The molecule has 2 aromatic heterocycles. The Kier molecular flexibility index (Phi) is 4.20. The van der Waals surface area contributed by atoms with Crippen molar-refractivity contribution < 1.29 is 5.21 Å². The number of hydrogen-bond acceptors (Lipinski definition) is 5. The van der Waals surface area contributed by atoms with Crippen LogP contribution in [0.4, 0.5) is 0 Å². The van der Waals surface area contributed by atoms with Gasteiger partial charge in [-0.15, -0.1) is 0 Å². The van der Waals surface area contributed by atoms with Crippen LogP contribution in [0.15, 0.2) is 46.2 Å². The van der Waals surface area contributed by atoms with Crippen molar-refractivity contribution >= 4 is 22.1 Å². The Balaban J connectivity index is 2.13. The van der Waals surface area contributed by atoms with E-state index in [0.717, 1.165) is 15.7 Å². The standard InChI is InChI=1S/C16H14BrN5O/c1-10-7-15(20-11(2)19-10)22-9-13(8-18-23)16(21-22)12-3-5-14(17)6-4-12/h3-9,23H,1-2H3/b18-8+. The molecule has 7 heteroatoms. The largest absolute Gasteiger partial charge is 0.411 e. The maximum atomic E-state index is 8.90. The maximum absolute atomic E-state index is 8.90. The van der Waals surface area contributed by atoms with E-state index in [1.807, 2.05) is 44.2 Å². The summed E-state index contributed by atoms with van der Waals surface area (Å²) in [5.41, 5.74) is 3.20. The van der Waals surface area contributed by atoms with Gasteiger partial charge in [0.15, 0.2) is 5.82 Å². The van der Waals surface area contributed by atoms with Gasteiger partial charge in [0.2, 0.25) is 0 Å². The Hall–Kier alpha value is -2.54. The van der Waals surface area contributed by atoms with E-state index in [0.29, 0.717) is 22.9 Å². The van der Waals surface area contributed by atoms with Crippen LogP contribution in [0.1, 0.15) is 17.1 Å². The van der Waals surface area contributed by atoms with Crippen molar-refractivity contribution in [3.63, 3.8) is 0 Å². The third kappa shape index (κ3) is 3.29. The molecule has 0 saturated carbocycles. The molecule has 2 heterocycles. The topological polar surface area (TPSA) is 76.2 Å². The van der Waals surface area contributed by atoms with Crippen molar-refractivity contribution in [2.24, 2.45) is 5.16 Å². The first-order valence-corrected chi connectivity index (χ1v) is 7.72. The van der Waals surface area contributed by atoms with E-state index in [1.165, 1.54) is 6.21 Å². The summed E-state index contributed by atoms with van der Waals surface area (Å²) in [5.74, 6) is 1.35. The lowest BCUT2D eigenvalue weighted by Crippen LogP contribution is -2.02. The average Bonchev–Trinajstić information content (AvgIpc) is 2.91. The summed E-state index contributed by atoms with van der Waals surface area (Å²) in [6.45, 7) is 3.75. The summed E-state index contributed by atoms with van der Waals surface area (Å²) >= 11 is 3.42. The number of oxime groups is 1. The van der Waals surface area contributed by atoms with Gasteiger partial charge < -0.3 is 5.21 Å². The lowest BCUT2D eigenvalue weighted by atomic mass is 10.1. The molecule has 23 heavy (non-hydrogen) atoms. The number of nitrogens with zero attached hydrogens (tertiary/aromatic N) is 5. The second-order valence-corrected chi connectivity index (χ2v) is 5.96. The summed E-state index contributed by atoms with van der Waals surface area (Å²) in [6.07, 6.45) is 3.14. The molecule has 0 atom stereocenters. The van der Waals surface area contributed by atoms with Crippen molar-refractivity contribution in [3.05, 3.63) is 58.1 Å². The molecule has 0 fully saturated rings. The Morgan fingerprint density at radius 3 is 2.57 bits per heavy atom. The van der Waals surface area contributed by atoms with Gasteiger partial charge in [0.25, 0.3) is 0 Å². The third-order valence-corrected chi connectivity index (χ3v) is 3.77. The number of aromatic nitrogens is 4. The molecular formula is C16H14BrN5O. The monoisotopic (exact) mass is 371 g/mol. The molecule has 0 unspecified atom stereocenters. The zero-order chi connectivity index (χ0) is 16.4. The van der Waals surface area contributed by atoms with Gasteiger partial charge in [0, 0.05) is 33.6 Å². The molecule has 0 aliphatic carbocycles. The quantitative estimate of drug-likeness (QED) is 0.434. The molecule has 0 aliphatic rings. The van der Waals surface area contributed by atoms with E-state index in [2.05, 4.69) is 36.2 Å². The number of halogens is 1. The number of hydrogen-bond donors (Lipinski definition) is 1. The average molecular weight is 372 g/mol. The van der Waals surface area contributed by atoms with E-state index in [4.69, 9.17) is 5.21 Å². The van der Waals surface area contributed by atoms with Gasteiger partial charge in [-0.05, 0) is 26.0 Å². The van der Waals surface area contributed by atoms with Crippen molar-refractivity contribution in [3.8, 4) is 17.1 Å². The maximum Gasteiger partial charge on any atom is 0.157 e. The van der Waals surface area contributed by atoms with Gasteiger partial charge in [0.05, 0.1) is 6.21 Å². The molecule has 0 amide bonds. The summed E-state index contributed by atoms with van der Waals surface area (Å²) < 4.78 is 2.65. The van der Waals surface area contributed by atoms with Crippen LogP contribution >= 0.6 is 15.9 Å². The second kappa shape index (κ2) is 6.29. The normalized spacial score (nSPS) is 11.3. The number of benzene rings is 1. The van der Waals surface area contributed by atoms with Crippen molar-refractivity contribution in [1.29, 1.82) is 0 Å². The summed E-state index contributed by atoms with van der Waals surface area (Å²) in [7, 11) is 0. The molecule has 0 saturated heterocycles. The van der Waals surface area contributed by atoms with Crippen molar-refractivity contribution in [1.82, 2.24) is 19.7 Å². The van der Waals surface area contributed by atoms with Crippen LogP contribution in [0.5, 0.6) is 0 Å². The lowest BCUT2D eigenvalue weighted by Gasteiger charge is -2.03. The highest BCUT2D eigenvalue weighted by atomic mass is 79.9. The molecule has 0 spiro atoms. The summed E-state index contributed by atoms with van der Waals surface area (Å²) in [4.78, 5) is 8.67. The fourth-order valence-electron chi connectivity index (χ4n) is 2.31. The molecule has 1 aromatic carbocycles. The van der Waals surface area contributed by atoms with Crippen molar-refractivity contribution in [2.75, 3.05) is 0 Å². The predicted octanol–water partition coefficient (Wildman–Crippen LogP) is 3.52. The first-order chi connectivity index (χ1) is 11.1. The fraction of sp³-hybridized carbons (Fsp3) is 0.125. The Morgan fingerprint density at radius 2 is 1.91 bits per heavy atom. The van der Waals surface area contributed by atoms with Crippen LogP contribution in [-0.2, 0) is 0 Å². The number of aryl methyl sites for hydroxylation is 2. The van der Waals surface area contributed by atoms with E-state index in [-0.39, 0.29) is 0 Å². The van der Waals surface area contributed by atoms with Gasteiger partial charge in [-0.3, -0.25) is 0 Å². The molecule has 3 rings (SSSR count). The van der Waals surface area contributed by atoms with Crippen LogP contribution < -0.4 is 0 Å². The van der Waals surface area contributed by atoms with Crippen LogP contribution in [0.3, 0.4) is 0 Å². The molecule has 116 valence electrons. The highest BCUT2D eigenvalue weighted by Gasteiger charge is 2.12. The molecule has 3 aromatic rings. The van der Waals surface area contributed by atoms with Crippen LogP contribution in [0.25, 0.3) is 17.1 Å². The Bertz CT molecular complexity index is 850. The zero-order valence-corrected chi connectivity index (χ0v) is 14.2. The first-order valence-electron chi connectivity index (χ1n) is 6.92. The van der Waals surface area contributed by atoms with Crippen LogP contribution in [-0.4, -0.2) is 31.2 Å². The molecular weight excluding hydrogens is 358 g/mol. The lowest BCUT2D eigenvalue weighted by molar-refractivity contribution is 0.322. The van der Waals surface area contributed by atoms with Crippen LogP contribution in [0.2, 0.25) is 0 Å². The van der Waals surface area contributed by atoms with Crippen LogP contribution in [0, 0.1) is 13.8 Å². The molecule has 0 aliphatic heterocycles. The fourth-order valence-corrected chi connectivity index (χ4v) is 2.57. The van der Waals surface area contributed by atoms with Gasteiger partial charge in [-0.1, -0.05) is 33.2 Å². The van der Waals surface area contributed by atoms with Gasteiger partial charge in [-0.25, -0.2) is 14.6 Å². The predicted molar refractivity (Wildman–Crippen MR) is 91.1 cm³/mol. The summed E-state index contributed by atoms with van der Waals surface area (Å²) in [6, 6.07) is 9.62. The van der Waals surface area contributed by atoms with E-state index in [9.17, 15) is 0 Å². The van der Waals surface area contributed by atoms with E-state index < -0.39 is 0 Å². The highest BCUT2D eigenvalue weighted by Crippen LogP contribution is 2.24. The van der Waals surface area contributed by atoms with E-state index >= 15 is 0 Å². The molecule has 1 N–H and O–H groups in total. The Labute approximate surface area is 141 Å². The summed E-state index contributed by atoms with van der Waals surface area (Å²) in [5, 5.41) is 16.6. The van der Waals surface area contributed by atoms with Gasteiger partial charge in [0.1, 0.15) is 11.5 Å². The Morgan fingerprint density at radius 1 is 1.17 bits per heavy atom. The SMILES string of the molecule is Cc1cc(-n2cc(/C=N/O)c(-c3ccc(Br)cc3)n2)nc(C)n1. The minimum Gasteiger partial charge on any atom is -0.411 e. The molecule has 0 radical (unpaired) electrons. The minimum absolute atomic E-state index is 0.672. The molecule has 6 nitrogen and oxygen atoms in total. The van der Waals surface area contributed by atoms with E-state index in [1.54, 1.807) is 10.9 Å². The number of rotatable bonds is 3. The third-order valence-electron chi connectivity index (χ3n) is 3.24. The second-order valence-electron chi connectivity index (χ2n) is 5.04. The van der Waals surface area contributed by atoms with Gasteiger partial charge in [-0.2, -0.15) is 5.10 Å². The highest BCUT2D eigenvalue weighted by molar-refractivity contribution is 9.10. The van der Waals surface area contributed by atoms with Gasteiger partial charge >= 0.3 is 0 Å². The zero-order valence-electron chi connectivity index (χ0n) is 12.6. The molecule has 0 bridgehead atoms. The smallest absolute Gasteiger partial charge is 0.157 e. The minimum atomic E-state index is 0.672. The van der Waals surface area contributed by atoms with Crippen molar-refractivity contribution in [2.45, 2.75) is 13.8 Å². The first kappa shape index (κ1) is 15.4.